The van der Waals surface area contributed by atoms with Crippen molar-refractivity contribution in [1.82, 2.24) is 10.2 Å². The molecule has 1 aliphatic heterocycles. The van der Waals surface area contributed by atoms with Crippen molar-refractivity contribution in [2.45, 2.75) is 70.2 Å². The number of nitriles is 1. The second-order valence-corrected chi connectivity index (χ2v) is 10.3. The molecular formula is C26H29FN4O5. The predicted molar refractivity (Wildman–Crippen MR) is 127 cm³/mol. The fourth-order valence-electron chi connectivity index (χ4n) is 5.00. The first-order valence-corrected chi connectivity index (χ1v) is 11.9. The average molecular weight is 497 g/mol. The Morgan fingerprint density at radius 1 is 1.28 bits per heavy atom. The number of nitrogens with two attached hydrogens (primary N) is 1. The van der Waals surface area contributed by atoms with E-state index in [1.807, 2.05) is 6.07 Å². The van der Waals surface area contributed by atoms with E-state index in [1.54, 1.807) is 26.8 Å². The molecule has 1 saturated heterocycles. The van der Waals surface area contributed by atoms with Crippen LogP contribution in [0.3, 0.4) is 0 Å². The highest BCUT2D eigenvalue weighted by Crippen LogP contribution is 2.43. The molecule has 2 aliphatic rings. The number of nitrogens with zero attached hydrogens (tertiary/aromatic N) is 2. The van der Waals surface area contributed by atoms with E-state index >= 15 is 0 Å². The van der Waals surface area contributed by atoms with Crippen molar-refractivity contribution in [3.05, 3.63) is 47.5 Å². The second kappa shape index (κ2) is 9.64. The number of hydrogen-bond acceptors (Lipinski definition) is 6. The molecule has 2 bridgehead atoms. The molecule has 4 atom stereocenters. The Balaban J connectivity index is 1.45. The van der Waals surface area contributed by atoms with Gasteiger partial charge in [0.1, 0.15) is 29.3 Å². The molecule has 1 aromatic heterocycles. The van der Waals surface area contributed by atoms with E-state index in [-0.39, 0.29) is 35.5 Å². The van der Waals surface area contributed by atoms with Crippen LogP contribution < -0.4 is 11.1 Å². The number of furan rings is 1. The monoisotopic (exact) mass is 496 g/mol. The molecule has 1 saturated carbocycles. The fourth-order valence-corrected chi connectivity index (χ4v) is 5.00. The predicted octanol–water partition coefficient (Wildman–Crippen LogP) is 3.52. The highest BCUT2D eigenvalue weighted by atomic mass is 19.1. The maximum absolute atomic E-state index is 14.9. The molecule has 2 fully saturated rings. The number of likely N-dealkylation sites (tertiary alicyclic amines) is 1. The lowest BCUT2D eigenvalue weighted by Crippen LogP contribution is -2.55. The van der Waals surface area contributed by atoms with Gasteiger partial charge in [0.05, 0.1) is 6.07 Å². The number of carbonyl (C=O) groups is 3. The maximum Gasteiger partial charge on any atom is 0.411 e. The molecule has 10 heteroatoms. The van der Waals surface area contributed by atoms with Crippen LogP contribution in [0.4, 0.5) is 9.18 Å². The number of carbonyl (C=O) groups excluding carboxylic acids is 3. The van der Waals surface area contributed by atoms with E-state index in [0.717, 1.165) is 19.3 Å². The van der Waals surface area contributed by atoms with E-state index in [9.17, 15) is 24.0 Å². The molecule has 0 unspecified atom stereocenters. The van der Waals surface area contributed by atoms with Gasteiger partial charge in [-0.15, -0.1) is 0 Å². The molecule has 4 rings (SSSR count). The number of ether oxygens (including phenoxy) is 1. The smallest absolute Gasteiger partial charge is 0.411 e. The topological polar surface area (TPSA) is 139 Å². The zero-order valence-corrected chi connectivity index (χ0v) is 20.4. The summed E-state index contributed by atoms with van der Waals surface area (Å²) in [5.74, 6) is -1.52. The zero-order chi connectivity index (χ0) is 26.2. The first kappa shape index (κ1) is 25.2. The van der Waals surface area contributed by atoms with Crippen LogP contribution in [0.5, 0.6) is 0 Å². The summed E-state index contributed by atoms with van der Waals surface area (Å²) in [4.78, 5) is 38.7. The van der Waals surface area contributed by atoms with Crippen LogP contribution in [-0.4, -0.2) is 46.5 Å². The molecule has 36 heavy (non-hydrogen) atoms. The van der Waals surface area contributed by atoms with Crippen molar-refractivity contribution in [3.8, 4) is 17.4 Å². The number of fused-ring (bicyclic) bond motifs is 2. The Hall–Kier alpha value is -3.87. The van der Waals surface area contributed by atoms with E-state index in [0.29, 0.717) is 5.56 Å². The normalized spacial score (nSPS) is 21.6. The molecular weight excluding hydrogens is 467 g/mol. The van der Waals surface area contributed by atoms with Crippen molar-refractivity contribution in [2.24, 2.45) is 11.7 Å². The van der Waals surface area contributed by atoms with Crippen LogP contribution in [0.15, 0.2) is 34.7 Å². The maximum atomic E-state index is 14.9. The summed E-state index contributed by atoms with van der Waals surface area (Å²) in [5, 5.41) is 12.4. The Morgan fingerprint density at radius 3 is 2.64 bits per heavy atom. The summed E-state index contributed by atoms with van der Waals surface area (Å²) >= 11 is 0. The number of benzene rings is 1. The Kier molecular flexibility index (Phi) is 6.76. The molecule has 0 spiro atoms. The number of piperidine rings is 1. The molecule has 3 amide bonds. The minimum atomic E-state index is -0.998. The van der Waals surface area contributed by atoms with Gasteiger partial charge in [0.15, 0.2) is 5.76 Å². The van der Waals surface area contributed by atoms with Gasteiger partial charge in [-0.3, -0.25) is 14.5 Å². The molecule has 0 radical (unpaired) electrons. The van der Waals surface area contributed by atoms with Gasteiger partial charge < -0.3 is 20.2 Å². The standard InChI is InChI=1S/C26H29FN4O5/c1-26(2,3)36-25(34)31-18-7-6-16(11-18)22(31)24(33)30-17(13-28)10-14-4-5-15(12-19(14)27)20-8-9-21(35-20)23(29)32/h4-5,8-9,12,16-18,22H,6-7,10-11H2,1-3H3,(H2,29,32)(H,30,33)/t16-,17-,18+,22-/m0/s1. The molecule has 2 aromatic rings. The SMILES string of the molecule is CC(C)(C)OC(=O)N1[C@@H]2CC[C@@H](C2)[C@H]1C(=O)N[C@H](C#N)Cc1ccc(-c2ccc(C(N)=O)o2)cc1F. The molecule has 9 nitrogen and oxygen atoms in total. The van der Waals surface area contributed by atoms with Gasteiger partial charge in [0.2, 0.25) is 5.91 Å². The lowest BCUT2D eigenvalue weighted by molar-refractivity contribution is -0.128. The van der Waals surface area contributed by atoms with Crippen molar-refractivity contribution in [2.75, 3.05) is 0 Å². The Bertz CT molecular complexity index is 1230. The third kappa shape index (κ3) is 5.20. The van der Waals surface area contributed by atoms with Gasteiger partial charge in [-0.1, -0.05) is 12.1 Å². The van der Waals surface area contributed by atoms with Crippen molar-refractivity contribution in [1.29, 1.82) is 5.26 Å². The third-order valence-electron chi connectivity index (χ3n) is 6.54. The van der Waals surface area contributed by atoms with Crippen molar-refractivity contribution < 1.29 is 27.9 Å². The summed E-state index contributed by atoms with van der Waals surface area (Å²) in [5.41, 5.74) is 5.11. The quantitative estimate of drug-likeness (QED) is 0.627. The van der Waals surface area contributed by atoms with Crippen LogP contribution in [0.1, 0.15) is 56.2 Å². The van der Waals surface area contributed by atoms with Crippen LogP contribution in [0.25, 0.3) is 11.3 Å². The minimum absolute atomic E-state index is 0.00327. The highest BCUT2D eigenvalue weighted by Gasteiger charge is 2.52. The van der Waals surface area contributed by atoms with E-state index in [2.05, 4.69) is 5.32 Å². The number of halogens is 1. The van der Waals surface area contributed by atoms with E-state index in [4.69, 9.17) is 14.9 Å². The first-order chi connectivity index (χ1) is 17.0. The van der Waals surface area contributed by atoms with E-state index in [1.165, 1.54) is 29.2 Å². The number of hydrogen-bond donors (Lipinski definition) is 2. The largest absolute Gasteiger partial charge is 0.451 e. The van der Waals surface area contributed by atoms with Gasteiger partial charge in [-0.2, -0.15) is 5.26 Å². The molecule has 1 aliphatic carbocycles. The molecule has 1 aromatic carbocycles. The van der Waals surface area contributed by atoms with Crippen LogP contribution in [0.2, 0.25) is 0 Å². The van der Waals surface area contributed by atoms with Crippen molar-refractivity contribution in [3.63, 3.8) is 0 Å². The summed E-state index contributed by atoms with van der Waals surface area (Å²) in [6.07, 6.45) is 1.74. The van der Waals surface area contributed by atoms with Gasteiger partial charge in [0, 0.05) is 18.0 Å². The van der Waals surface area contributed by atoms with Crippen molar-refractivity contribution >= 4 is 17.9 Å². The van der Waals surface area contributed by atoms with Gasteiger partial charge in [-0.05, 0) is 69.7 Å². The zero-order valence-electron chi connectivity index (χ0n) is 20.4. The van der Waals surface area contributed by atoms with Gasteiger partial charge >= 0.3 is 6.09 Å². The van der Waals surface area contributed by atoms with E-state index < -0.39 is 41.4 Å². The van der Waals surface area contributed by atoms with Gasteiger partial charge in [0.25, 0.3) is 5.91 Å². The fraction of sp³-hybridized carbons (Fsp3) is 0.462. The van der Waals surface area contributed by atoms with Gasteiger partial charge in [-0.25, -0.2) is 9.18 Å². The number of nitrogens with one attached hydrogen (secondary N) is 1. The number of amides is 3. The highest BCUT2D eigenvalue weighted by molar-refractivity contribution is 5.90. The van der Waals surface area contributed by atoms with Crippen LogP contribution in [0, 0.1) is 23.1 Å². The molecule has 3 N–H and O–H groups in total. The summed E-state index contributed by atoms with van der Waals surface area (Å²) < 4.78 is 25.7. The number of primary amides is 1. The third-order valence-corrected chi connectivity index (χ3v) is 6.54. The summed E-state index contributed by atoms with van der Waals surface area (Å²) in [6, 6.07) is 7.47. The summed E-state index contributed by atoms with van der Waals surface area (Å²) in [6.45, 7) is 5.30. The van der Waals surface area contributed by atoms with Crippen LogP contribution in [-0.2, 0) is 16.0 Å². The second-order valence-electron chi connectivity index (χ2n) is 10.3. The van der Waals surface area contributed by atoms with Crippen LogP contribution >= 0.6 is 0 Å². The Morgan fingerprint density at radius 2 is 2.03 bits per heavy atom. The number of rotatable bonds is 6. The lowest BCUT2D eigenvalue weighted by atomic mass is 9.97. The lowest BCUT2D eigenvalue weighted by Gasteiger charge is -2.35. The average Bonchev–Trinajstić information content (AvgIpc) is 3.54. The summed E-state index contributed by atoms with van der Waals surface area (Å²) in [7, 11) is 0. The molecule has 190 valence electrons. The molecule has 2 heterocycles. The minimum Gasteiger partial charge on any atom is -0.451 e. The Labute approximate surface area is 208 Å². The first-order valence-electron chi connectivity index (χ1n) is 11.9.